The fraction of sp³-hybridized carbons (Fsp3) is 0.0769. The molecule has 1 N–H and O–H groups in total. The molecule has 0 heterocycles. The largest absolute Gasteiger partial charge is 1.00 e. The Labute approximate surface area is 161 Å². The van der Waals surface area contributed by atoms with Crippen LogP contribution in [0.1, 0.15) is 1.43 Å². The molecule has 12 heteroatoms. The van der Waals surface area contributed by atoms with E-state index < -0.39 is 55.5 Å². The first-order valence-corrected chi connectivity index (χ1v) is 7.46. The second-order valence-electron chi connectivity index (χ2n) is 4.35. The van der Waals surface area contributed by atoms with Gasteiger partial charge >= 0.3 is 29.6 Å². The zero-order valence-corrected chi connectivity index (χ0v) is 15.4. The summed E-state index contributed by atoms with van der Waals surface area (Å²) in [6, 6.07) is 2.56. The van der Waals surface area contributed by atoms with Gasteiger partial charge in [0.2, 0.25) is 5.82 Å². The first-order valence-electron chi connectivity index (χ1n) is 5.98. The van der Waals surface area contributed by atoms with E-state index >= 15 is 0 Å². The van der Waals surface area contributed by atoms with E-state index in [1.807, 2.05) is 0 Å². The van der Waals surface area contributed by atoms with Gasteiger partial charge in [-0.3, -0.25) is 4.72 Å². The Morgan fingerprint density at radius 1 is 0.920 bits per heavy atom. The van der Waals surface area contributed by atoms with Crippen LogP contribution < -0.4 is 39.0 Å². The topological polar surface area (TPSA) is 55.4 Å². The molecule has 2 aromatic rings. The number of methoxy groups -OCH3 is 1. The van der Waals surface area contributed by atoms with Crippen LogP contribution in [0.25, 0.3) is 0 Å². The van der Waals surface area contributed by atoms with E-state index in [-0.39, 0.29) is 36.7 Å². The second kappa shape index (κ2) is 7.85. The van der Waals surface area contributed by atoms with Crippen molar-refractivity contribution in [3.05, 3.63) is 53.1 Å². The Balaban J connectivity index is 0.00000312. The maximum atomic E-state index is 13.6. The molecule has 2 rings (SSSR count). The van der Waals surface area contributed by atoms with Gasteiger partial charge in [0.25, 0.3) is 10.0 Å². The van der Waals surface area contributed by atoms with E-state index in [1.165, 1.54) is 4.72 Å². The predicted molar refractivity (Wildman–Crippen MR) is 71.1 cm³/mol. The number of anilines is 1. The third-order valence-electron chi connectivity index (χ3n) is 2.84. The summed E-state index contributed by atoms with van der Waals surface area (Å²) in [5, 5.41) is 0. The fourth-order valence-corrected chi connectivity index (χ4v) is 2.95. The number of ether oxygens (including phenoxy) is 1. The van der Waals surface area contributed by atoms with Gasteiger partial charge in [0.05, 0.1) is 12.8 Å². The molecule has 0 saturated heterocycles. The van der Waals surface area contributed by atoms with Gasteiger partial charge in [0.15, 0.2) is 39.7 Å². The molecule has 25 heavy (non-hydrogen) atoms. The molecular formula is C13H8F6NNaO3S. The third kappa shape index (κ3) is 4.05. The maximum absolute atomic E-state index is 13.6. The number of hydrogen-bond donors (Lipinski definition) is 1. The Morgan fingerprint density at radius 3 is 1.84 bits per heavy atom. The summed E-state index contributed by atoms with van der Waals surface area (Å²) in [5.41, 5.74) is -0.516. The molecule has 2 aromatic carbocycles. The van der Waals surface area contributed by atoms with Gasteiger partial charge in [-0.2, -0.15) is 0 Å². The summed E-state index contributed by atoms with van der Waals surface area (Å²) in [4.78, 5) is -2.07. The Morgan fingerprint density at radius 2 is 1.40 bits per heavy atom. The van der Waals surface area contributed by atoms with Crippen molar-refractivity contribution in [3.63, 3.8) is 0 Å². The number of hydrogen-bond acceptors (Lipinski definition) is 3. The fourth-order valence-electron chi connectivity index (χ4n) is 1.76. The Bertz CT molecular complexity index is 900. The third-order valence-corrected chi connectivity index (χ3v) is 4.24. The minimum atomic E-state index is -5.23. The quantitative estimate of drug-likeness (QED) is 0.354. The van der Waals surface area contributed by atoms with Gasteiger partial charge in [-0.1, -0.05) is 0 Å². The van der Waals surface area contributed by atoms with Gasteiger partial charge in [-0.25, -0.2) is 34.8 Å². The molecule has 0 aliphatic heterocycles. The molecule has 0 aliphatic rings. The van der Waals surface area contributed by atoms with Crippen LogP contribution in [0.15, 0.2) is 23.1 Å². The summed E-state index contributed by atoms with van der Waals surface area (Å²) in [6.07, 6.45) is 0. The number of nitrogens with one attached hydrogen (secondary N) is 1. The molecule has 0 radical (unpaired) electrons. The number of sulfonamides is 1. The van der Waals surface area contributed by atoms with Crippen LogP contribution >= 0.6 is 0 Å². The molecule has 0 unspecified atom stereocenters. The number of benzene rings is 2. The van der Waals surface area contributed by atoms with E-state index in [1.54, 1.807) is 0 Å². The molecule has 0 aliphatic carbocycles. The standard InChI is InChI=1S/C13H7F6NO3S.Na.H/c1-23-7-3-2-5(4-6(7)14)20-24(21,22)13-11(18)9(16)8(15)10(17)12(13)19;;/h2-4,20H,1H3;;/q;+1;-1. The van der Waals surface area contributed by atoms with Crippen molar-refractivity contribution >= 4 is 15.7 Å². The zero-order chi connectivity index (χ0) is 18.2. The van der Waals surface area contributed by atoms with Crippen LogP contribution in [0.5, 0.6) is 5.75 Å². The molecule has 0 fully saturated rings. The average Bonchev–Trinajstić information content (AvgIpc) is 2.50. The maximum Gasteiger partial charge on any atom is 1.00 e. The second-order valence-corrected chi connectivity index (χ2v) is 5.97. The van der Waals surface area contributed by atoms with E-state index in [4.69, 9.17) is 0 Å². The van der Waals surface area contributed by atoms with Gasteiger partial charge in [0.1, 0.15) is 0 Å². The molecule has 0 aromatic heterocycles. The van der Waals surface area contributed by atoms with Crippen molar-refractivity contribution < 1.29 is 70.5 Å². The minimum Gasteiger partial charge on any atom is -1.00 e. The first kappa shape index (κ1) is 21.6. The molecule has 4 nitrogen and oxygen atoms in total. The molecule has 0 bridgehead atoms. The summed E-state index contributed by atoms with van der Waals surface area (Å²) in [7, 11) is -4.09. The predicted octanol–water partition coefficient (Wildman–Crippen LogP) is 0.447. The molecular weight excluding hydrogens is 387 g/mol. The Kier molecular flexibility index (Phi) is 6.79. The molecule has 0 saturated carbocycles. The van der Waals surface area contributed by atoms with Crippen LogP contribution in [-0.2, 0) is 10.0 Å². The van der Waals surface area contributed by atoms with Crippen molar-refractivity contribution in [2.24, 2.45) is 0 Å². The summed E-state index contributed by atoms with van der Waals surface area (Å²) in [6.45, 7) is 0. The number of halogens is 6. The van der Waals surface area contributed by atoms with Crippen molar-refractivity contribution in [3.8, 4) is 5.75 Å². The number of rotatable bonds is 4. The van der Waals surface area contributed by atoms with E-state index in [9.17, 15) is 34.8 Å². The monoisotopic (exact) mass is 395 g/mol. The van der Waals surface area contributed by atoms with Crippen LogP contribution in [0.3, 0.4) is 0 Å². The average molecular weight is 395 g/mol. The van der Waals surface area contributed by atoms with Gasteiger partial charge in [0, 0.05) is 6.07 Å². The molecule has 132 valence electrons. The summed E-state index contributed by atoms with van der Waals surface area (Å²) >= 11 is 0. The van der Waals surface area contributed by atoms with Crippen LogP contribution in [0.2, 0.25) is 0 Å². The van der Waals surface area contributed by atoms with Gasteiger partial charge in [-0.05, 0) is 12.1 Å². The zero-order valence-electron chi connectivity index (χ0n) is 13.6. The van der Waals surface area contributed by atoms with Crippen LogP contribution in [0.4, 0.5) is 32.0 Å². The van der Waals surface area contributed by atoms with E-state index in [0.717, 1.165) is 19.2 Å². The van der Waals surface area contributed by atoms with Crippen LogP contribution in [-0.4, -0.2) is 15.5 Å². The molecule has 0 amide bonds. The normalized spacial score (nSPS) is 11.0. The van der Waals surface area contributed by atoms with Crippen molar-refractivity contribution in [2.75, 3.05) is 11.8 Å². The molecule has 0 spiro atoms. The summed E-state index contributed by atoms with van der Waals surface area (Å²) < 4.78 is 110. The summed E-state index contributed by atoms with van der Waals surface area (Å²) in [5.74, 6) is -13.7. The van der Waals surface area contributed by atoms with E-state index in [0.29, 0.717) is 6.07 Å². The van der Waals surface area contributed by atoms with Crippen LogP contribution in [0, 0.1) is 34.9 Å². The SMILES string of the molecule is COc1ccc(NS(=O)(=O)c2c(F)c(F)c(F)c(F)c2F)cc1F.[H-].[Na+]. The van der Waals surface area contributed by atoms with Crippen molar-refractivity contribution in [1.29, 1.82) is 0 Å². The van der Waals surface area contributed by atoms with Gasteiger partial charge < -0.3 is 6.16 Å². The minimum absolute atomic E-state index is 0. The van der Waals surface area contributed by atoms with Gasteiger partial charge in [-0.15, -0.1) is 0 Å². The first-order chi connectivity index (χ1) is 11.1. The smallest absolute Gasteiger partial charge is 1.00 e. The molecule has 0 atom stereocenters. The van der Waals surface area contributed by atoms with Crippen molar-refractivity contribution in [1.82, 2.24) is 0 Å². The Hall–Kier alpha value is -1.43. The van der Waals surface area contributed by atoms with E-state index in [2.05, 4.69) is 4.74 Å². The van der Waals surface area contributed by atoms with Crippen molar-refractivity contribution in [2.45, 2.75) is 4.90 Å².